The number of halogens is 3. The highest BCUT2D eigenvalue weighted by Crippen LogP contribution is 2.35. The maximum atomic E-state index is 14.9. The van der Waals surface area contributed by atoms with Crippen LogP contribution in [0.2, 0.25) is 5.02 Å². The molecule has 1 saturated heterocycles. The quantitative estimate of drug-likeness (QED) is 0.0185. The zero-order chi connectivity index (χ0) is 48.8. The molecule has 0 spiro atoms. The van der Waals surface area contributed by atoms with E-state index in [-0.39, 0.29) is 36.1 Å². The molecule has 4 heterocycles. The topological polar surface area (TPSA) is 207 Å². The molecule has 1 atom stereocenters. The summed E-state index contributed by atoms with van der Waals surface area (Å²) in [6.07, 6.45) is 4.36. The van der Waals surface area contributed by atoms with Gasteiger partial charge in [-0.2, -0.15) is 5.10 Å². The van der Waals surface area contributed by atoms with Crippen LogP contribution >= 0.6 is 11.6 Å². The van der Waals surface area contributed by atoms with Gasteiger partial charge in [-0.15, -0.1) is 0 Å². The van der Waals surface area contributed by atoms with Crippen molar-refractivity contribution in [2.75, 3.05) is 64.6 Å². The van der Waals surface area contributed by atoms with Crippen molar-refractivity contribution in [3.63, 3.8) is 0 Å². The number of carbonyl (C=O) groups is 3. The highest BCUT2D eigenvalue weighted by Gasteiger charge is 2.39. The van der Waals surface area contributed by atoms with Crippen LogP contribution in [0.25, 0.3) is 11.3 Å². The minimum atomic E-state index is -0.729. The molecule has 0 radical (unpaired) electrons. The Labute approximate surface area is 407 Å². The van der Waals surface area contributed by atoms with Crippen molar-refractivity contribution in [1.29, 1.82) is 0 Å². The molecule has 3 aliphatic rings. The lowest BCUT2D eigenvalue weighted by molar-refractivity contribution is -0.136. The molecule has 360 valence electrons. The molecule has 8 rings (SSSR count). The first kappa shape index (κ1) is 49.2. The van der Waals surface area contributed by atoms with Gasteiger partial charge in [0.05, 0.1) is 69.7 Å². The van der Waals surface area contributed by atoms with Crippen molar-refractivity contribution in [3.8, 4) is 23.1 Å². The van der Waals surface area contributed by atoms with E-state index < -0.39 is 23.6 Å². The number of anilines is 2. The molecule has 0 bridgehead atoms. The molecule has 1 unspecified atom stereocenters. The number of ether oxygens (including phenoxy) is 3. The molecule has 4 aromatic carbocycles. The van der Waals surface area contributed by atoms with E-state index in [9.17, 15) is 23.2 Å². The summed E-state index contributed by atoms with van der Waals surface area (Å²) in [4.78, 5) is 56.7. The largest absolute Gasteiger partial charge is 0.378 e. The number of rotatable bonds is 20. The van der Waals surface area contributed by atoms with Crippen molar-refractivity contribution in [2.24, 2.45) is 20.9 Å². The van der Waals surface area contributed by atoms with Gasteiger partial charge in [-0.25, -0.2) is 18.7 Å². The second-order valence-corrected chi connectivity index (χ2v) is 16.6. The summed E-state index contributed by atoms with van der Waals surface area (Å²) >= 11 is 6.36. The normalized spacial score (nSPS) is 15.4. The molecular formula is C51H49ClF2N10O6. The number of hydrogen-bond donors (Lipinski definition) is 4. The van der Waals surface area contributed by atoms with E-state index in [1.54, 1.807) is 42.7 Å². The van der Waals surface area contributed by atoms with Gasteiger partial charge in [-0.05, 0) is 60.5 Å². The predicted molar refractivity (Wildman–Crippen MR) is 261 cm³/mol. The summed E-state index contributed by atoms with van der Waals surface area (Å²) in [5.41, 5.74) is 6.25. The number of aromatic nitrogens is 2. The number of benzene rings is 4. The Bertz CT molecular complexity index is 2880. The van der Waals surface area contributed by atoms with Gasteiger partial charge < -0.3 is 35.6 Å². The Hall–Kier alpha value is -7.27. The van der Waals surface area contributed by atoms with Gasteiger partial charge in [-0.3, -0.25) is 29.7 Å². The third-order valence-corrected chi connectivity index (χ3v) is 11.8. The van der Waals surface area contributed by atoms with Gasteiger partial charge in [0.2, 0.25) is 17.8 Å². The Morgan fingerprint density at radius 1 is 0.914 bits per heavy atom. The lowest BCUT2D eigenvalue weighted by Gasteiger charge is -2.29. The van der Waals surface area contributed by atoms with Crippen LogP contribution in [0.1, 0.15) is 63.0 Å². The maximum absolute atomic E-state index is 14.9. The van der Waals surface area contributed by atoms with E-state index in [1.165, 1.54) is 23.1 Å². The highest BCUT2D eigenvalue weighted by atomic mass is 35.5. The van der Waals surface area contributed by atoms with Gasteiger partial charge in [0.15, 0.2) is 0 Å². The summed E-state index contributed by atoms with van der Waals surface area (Å²) < 4.78 is 46.8. The zero-order valence-corrected chi connectivity index (χ0v) is 38.7. The van der Waals surface area contributed by atoms with Gasteiger partial charge in [0.1, 0.15) is 23.4 Å². The van der Waals surface area contributed by atoms with Crippen LogP contribution in [0, 0.1) is 23.5 Å². The lowest BCUT2D eigenvalue weighted by atomic mass is 9.95. The first-order valence-corrected chi connectivity index (χ1v) is 23.1. The van der Waals surface area contributed by atoms with Gasteiger partial charge in [0, 0.05) is 89.0 Å². The monoisotopic (exact) mass is 970 g/mol. The molecule has 16 nitrogen and oxygen atoms in total. The summed E-state index contributed by atoms with van der Waals surface area (Å²) in [5.74, 6) is 9.92. The standard InChI is InChI=1S/C51H49ClF2N10O6/c52-35-12-15-37-39(27-35)48(46-41(53)8-4-9-42(46)54)58-28-34-29-59-51(62-47(34)37)60-36-13-10-33(11-14-36)43(63-55)30-57-20-22-69-24-26-70-25-23-68-21-19-56-18-2-1-5-32-6-3-7-38-40(32)31-64(50(38)67)44-16-17-45(65)61-49(44)66/h3-4,6-15,27,29-30,44,56H,2,16-26,28,31,55H2,(H,59,60,62)(H,61,65,66). The fraction of sp³-hybridized carbons (Fsp3) is 0.294. The van der Waals surface area contributed by atoms with Crippen molar-refractivity contribution in [2.45, 2.75) is 38.4 Å². The molecule has 1 fully saturated rings. The number of fused-ring (bicyclic) bond motifs is 4. The molecule has 19 heteroatoms. The second-order valence-electron chi connectivity index (χ2n) is 16.1. The molecule has 3 amide bonds. The van der Waals surface area contributed by atoms with Crippen LogP contribution < -0.4 is 21.8 Å². The van der Waals surface area contributed by atoms with Gasteiger partial charge in [0.25, 0.3) is 5.91 Å². The second kappa shape index (κ2) is 23.8. The molecule has 0 aliphatic carbocycles. The number of carbonyl (C=O) groups excluding carboxylic acids is 3. The smallest absolute Gasteiger partial charge is 0.255 e. The summed E-state index contributed by atoms with van der Waals surface area (Å²) in [5, 5.41) is 13.1. The van der Waals surface area contributed by atoms with Gasteiger partial charge >= 0.3 is 0 Å². The molecule has 70 heavy (non-hydrogen) atoms. The molecule has 5 N–H and O–H groups in total. The summed E-state index contributed by atoms with van der Waals surface area (Å²) in [7, 11) is 0. The predicted octanol–water partition coefficient (Wildman–Crippen LogP) is 5.75. The van der Waals surface area contributed by atoms with Crippen molar-refractivity contribution in [3.05, 3.63) is 141 Å². The van der Waals surface area contributed by atoms with Crippen LogP contribution in [-0.4, -0.2) is 116 Å². The number of aliphatic imine (C=N–C) groups is 2. The number of hydrogen-bond acceptors (Lipinski definition) is 14. The number of amides is 3. The maximum Gasteiger partial charge on any atom is 0.255 e. The number of nitrogens with zero attached hydrogens (tertiary/aromatic N) is 6. The van der Waals surface area contributed by atoms with E-state index in [1.807, 2.05) is 30.3 Å². The Balaban J connectivity index is 0.683. The Morgan fingerprint density at radius 3 is 2.44 bits per heavy atom. The van der Waals surface area contributed by atoms with E-state index in [0.29, 0.717) is 129 Å². The molecule has 1 aromatic heterocycles. The third-order valence-electron chi connectivity index (χ3n) is 11.5. The zero-order valence-electron chi connectivity index (χ0n) is 38.0. The van der Waals surface area contributed by atoms with Gasteiger partial charge in [-0.1, -0.05) is 53.8 Å². The summed E-state index contributed by atoms with van der Waals surface area (Å²) in [6.45, 7) is 4.73. The number of nitrogens with one attached hydrogen (secondary N) is 3. The molecular weight excluding hydrogens is 922 g/mol. The van der Waals surface area contributed by atoms with Crippen LogP contribution in [0.15, 0.2) is 100 Å². The fourth-order valence-corrected chi connectivity index (χ4v) is 8.22. The van der Waals surface area contributed by atoms with Crippen LogP contribution in [-0.2, 0) is 36.9 Å². The Morgan fingerprint density at radius 2 is 1.67 bits per heavy atom. The highest BCUT2D eigenvalue weighted by molar-refractivity contribution is 6.38. The van der Waals surface area contributed by atoms with Crippen LogP contribution in [0.4, 0.5) is 20.4 Å². The van der Waals surface area contributed by atoms with Crippen molar-refractivity contribution in [1.82, 2.24) is 25.5 Å². The van der Waals surface area contributed by atoms with Crippen LogP contribution in [0.3, 0.4) is 0 Å². The van der Waals surface area contributed by atoms with E-state index in [0.717, 1.165) is 16.7 Å². The number of hydrazone groups is 1. The average molecular weight is 971 g/mol. The van der Waals surface area contributed by atoms with E-state index >= 15 is 0 Å². The van der Waals surface area contributed by atoms with Crippen LogP contribution in [0.5, 0.6) is 0 Å². The number of imide groups is 1. The number of piperidine rings is 1. The molecule has 5 aromatic rings. The Kier molecular flexibility index (Phi) is 16.7. The van der Waals surface area contributed by atoms with E-state index in [4.69, 9.17) is 36.6 Å². The lowest BCUT2D eigenvalue weighted by Crippen LogP contribution is -2.52. The van der Waals surface area contributed by atoms with E-state index in [2.05, 4.69) is 47.9 Å². The summed E-state index contributed by atoms with van der Waals surface area (Å²) in [6, 6.07) is 20.9. The third kappa shape index (κ3) is 12.1. The SMILES string of the molecule is NN=C(C=NCCOCCOCCOCCNCCC#Cc1cccc2c1CN(C1CCC(=O)NC1=O)C2=O)c1ccc(Nc2ncc3c(n2)-c2ccc(Cl)cc2C(c2c(F)cccc2F)=NC3)cc1. The van der Waals surface area contributed by atoms with Crippen molar-refractivity contribution >= 4 is 58.6 Å². The molecule has 3 aliphatic heterocycles. The minimum Gasteiger partial charge on any atom is -0.378 e. The van der Waals surface area contributed by atoms with Crippen molar-refractivity contribution < 1.29 is 37.4 Å². The first-order chi connectivity index (χ1) is 34.2. The molecule has 0 saturated carbocycles. The number of nitrogens with two attached hydrogens (primary N) is 1. The average Bonchev–Trinajstić information content (AvgIpc) is 3.61. The fourth-order valence-electron chi connectivity index (χ4n) is 8.05. The first-order valence-electron chi connectivity index (χ1n) is 22.7. The minimum absolute atomic E-state index is 0.103.